The van der Waals surface area contributed by atoms with E-state index in [0.717, 1.165) is 12.2 Å². The SMILES string of the molecule is COC(=O)c1ccc(COCC2CCCCC2)cc1F. The Bertz CT molecular complexity index is 453. The van der Waals surface area contributed by atoms with Crippen LogP contribution in [0.1, 0.15) is 48.0 Å². The smallest absolute Gasteiger partial charge is 0.340 e. The number of halogens is 1. The normalized spacial score (nSPS) is 16.1. The molecule has 1 aliphatic carbocycles. The minimum absolute atomic E-state index is 0.0384. The van der Waals surface area contributed by atoms with Crippen LogP contribution in [0.4, 0.5) is 4.39 Å². The zero-order valence-corrected chi connectivity index (χ0v) is 11.9. The lowest BCUT2D eigenvalue weighted by Gasteiger charge is -2.21. The molecule has 4 heteroatoms. The quantitative estimate of drug-likeness (QED) is 0.771. The first-order valence-electron chi connectivity index (χ1n) is 7.15. The highest BCUT2D eigenvalue weighted by atomic mass is 19.1. The second-order valence-corrected chi connectivity index (χ2v) is 5.32. The molecule has 20 heavy (non-hydrogen) atoms. The van der Waals surface area contributed by atoms with Gasteiger partial charge < -0.3 is 9.47 Å². The maximum absolute atomic E-state index is 13.7. The van der Waals surface area contributed by atoms with Gasteiger partial charge in [-0.15, -0.1) is 0 Å². The van der Waals surface area contributed by atoms with Crippen molar-refractivity contribution in [1.29, 1.82) is 0 Å². The predicted octanol–water partition coefficient (Wildman–Crippen LogP) is 3.71. The summed E-state index contributed by atoms with van der Waals surface area (Å²) in [5.74, 6) is -0.573. The molecule has 0 unspecified atom stereocenters. The van der Waals surface area contributed by atoms with Crippen LogP contribution in [0, 0.1) is 11.7 Å². The summed E-state index contributed by atoms with van der Waals surface area (Å²) in [5, 5.41) is 0. The number of ether oxygens (including phenoxy) is 2. The van der Waals surface area contributed by atoms with Crippen LogP contribution in [0.25, 0.3) is 0 Å². The van der Waals surface area contributed by atoms with Gasteiger partial charge in [0.05, 0.1) is 19.3 Å². The van der Waals surface area contributed by atoms with Crippen LogP contribution in [0.2, 0.25) is 0 Å². The summed E-state index contributed by atoms with van der Waals surface area (Å²) >= 11 is 0. The fourth-order valence-corrected chi connectivity index (χ4v) is 2.62. The fourth-order valence-electron chi connectivity index (χ4n) is 2.62. The van der Waals surface area contributed by atoms with Crippen molar-refractivity contribution in [2.45, 2.75) is 38.7 Å². The van der Waals surface area contributed by atoms with Gasteiger partial charge in [-0.25, -0.2) is 9.18 Å². The van der Waals surface area contributed by atoms with Gasteiger partial charge in [-0.2, -0.15) is 0 Å². The molecule has 0 N–H and O–H groups in total. The number of benzene rings is 1. The maximum Gasteiger partial charge on any atom is 0.340 e. The van der Waals surface area contributed by atoms with Gasteiger partial charge in [-0.1, -0.05) is 25.3 Å². The van der Waals surface area contributed by atoms with Crippen LogP contribution in [-0.2, 0) is 16.1 Å². The molecule has 1 aromatic rings. The van der Waals surface area contributed by atoms with Crippen LogP contribution in [0.15, 0.2) is 18.2 Å². The first-order chi connectivity index (χ1) is 9.70. The molecule has 0 bridgehead atoms. The van der Waals surface area contributed by atoms with Crippen molar-refractivity contribution >= 4 is 5.97 Å². The van der Waals surface area contributed by atoms with Crippen LogP contribution in [-0.4, -0.2) is 19.7 Å². The van der Waals surface area contributed by atoms with Crippen LogP contribution in [0.3, 0.4) is 0 Å². The van der Waals surface area contributed by atoms with Gasteiger partial charge in [0.15, 0.2) is 0 Å². The maximum atomic E-state index is 13.7. The van der Waals surface area contributed by atoms with E-state index in [2.05, 4.69) is 4.74 Å². The van der Waals surface area contributed by atoms with E-state index in [-0.39, 0.29) is 5.56 Å². The number of rotatable bonds is 5. The first-order valence-corrected chi connectivity index (χ1v) is 7.15. The largest absolute Gasteiger partial charge is 0.465 e. The molecule has 0 saturated heterocycles. The molecule has 0 heterocycles. The second kappa shape index (κ2) is 7.39. The van der Waals surface area contributed by atoms with E-state index in [1.165, 1.54) is 51.3 Å². The number of esters is 1. The Balaban J connectivity index is 1.84. The zero-order chi connectivity index (χ0) is 14.4. The summed E-state index contributed by atoms with van der Waals surface area (Å²) in [6, 6.07) is 4.49. The van der Waals surface area contributed by atoms with Crippen molar-refractivity contribution in [3.05, 3.63) is 35.1 Å². The third kappa shape index (κ3) is 4.04. The zero-order valence-electron chi connectivity index (χ0n) is 11.9. The summed E-state index contributed by atoms with van der Waals surface area (Å²) in [5.41, 5.74) is 0.703. The fraction of sp³-hybridized carbons (Fsp3) is 0.562. The molecule has 1 saturated carbocycles. The first kappa shape index (κ1) is 15.0. The van der Waals surface area contributed by atoms with Crippen LogP contribution in [0.5, 0.6) is 0 Å². The summed E-state index contributed by atoms with van der Waals surface area (Å²) in [6.45, 7) is 1.12. The van der Waals surface area contributed by atoms with E-state index in [9.17, 15) is 9.18 Å². The lowest BCUT2D eigenvalue weighted by Crippen LogP contribution is -2.13. The molecule has 3 nitrogen and oxygen atoms in total. The topological polar surface area (TPSA) is 35.5 Å². The Kier molecular flexibility index (Phi) is 5.53. The average Bonchev–Trinajstić information content (AvgIpc) is 2.48. The number of methoxy groups -OCH3 is 1. The standard InChI is InChI=1S/C16H21FO3/c1-19-16(18)14-8-7-13(9-15(14)17)11-20-10-12-5-3-2-4-6-12/h7-9,12H,2-6,10-11H2,1H3. The molecule has 2 rings (SSSR count). The summed E-state index contributed by atoms with van der Waals surface area (Å²) < 4.78 is 23.9. The number of hydrogen-bond donors (Lipinski definition) is 0. The Hall–Kier alpha value is -1.42. The molecular weight excluding hydrogens is 259 g/mol. The molecule has 0 amide bonds. The van der Waals surface area contributed by atoms with E-state index in [1.807, 2.05) is 0 Å². The number of carbonyl (C=O) groups is 1. The van der Waals surface area contributed by atoms with Gasteiger partial charge in [0, 0.05) is 6.61 Å². The average molecular weight is 280 g/mol. The third-order valence-corrected chi connectivity index (χ3v) is 3.79. The summed E-state index contributed by atoms with van der Waals surface area (Å²) in [6.07, 6.45) is 6.37. The Labute approximate surface area is 119 Å². The lowest BCUT2D eigenvalue weighted by atomic mass is 9.90. The van der Waals surface area contributed by atoms with Crippen molar-refractivity contribution in [3.63, 3.8) is 0 Å². The van der Waals surface area contributed by atoms with Gasteiger partial charge in [0.25, 0.3) is 0 Å². The van der Waals surface area contributed by atoms with Gasteiger partial charge >= 0.3 is 5.97 Å². The lowest BCUT2D eigenvalue weighted by molar-refractivity contribution is 0.0594. The number of hydrogen-bond acceptors (Lipinski definition) is 3. The van der Waals surface area contributed by atoms with E-state index >= 15 is 0 Å². The van der Waals surface area contributed by atoms with Gasteiger partial charge in [0.2, 0.25) is 0 Å². The minimum atomic E-state index is -0.655. The number of carbonyl (C=O) groups excluding carboxylic acids is 1. The molecule has 0 spiro atoms. The molecule has 0 radical (unpaired) electrons. The van der Waals surface area contributed by atoms with Crippen LogP contribution < -0.4 is 0 Å². The Morgan fingerprint density at radius 2 is 2.05 bits per heavy atom. The summed E-state index contributed by atoms with van der Waals surface area (Å²) in [7, 11) is 1.24. The van der Waals surface area contributed by atoms with Crippen molar-refractivity contribution in [2.75, 3.05) is 13.7 Å². The second-order valence-electron chi connectivity index (χ2n) is 5.32. The van der Waals surface area contributed by atoms with E-state index in [1.54, 1.807) is 6.07 Å². The van der Waals surface area contributed by atoms with Crippen molar-refractivity contribution in [3.8, 4) is 0 Å². The molecule has 0 atom stereocenters. The minimum Gasteiger partial charge on any atom is -0.465 e. The van der Waals surface area contributed by atoms with E-state index < -0.39 is 11.8 Å². The highest BCUT2D eigenvalue weighted by molar-refractivity contribution is 5.89. The van der Waals surface area contributed by atoms with Gasteiger partial charge in [-0.3, -0.25) is 0 Å². The third-order valence-electron chi connectivity index (χ3n) is 3.79. The molecule has 1 fully saturated rings. The molecule has 0 aliphatic heterocycles. The highest BCUT2D eigenvalue weighted by Gasteiger charge is 2.14. The van der Waals surface area contributed by atoms with Crippen LogP contribution >= 0.6 is 0 Å². The molecule has 1 aromatic carbocycles. The van der Waals surface area contributed by atoms with Gasteiger partial charge in [0.1, 0.15) is 5.82 Å². The predicted molar refractivity (Wildman–Crippen MR) is 74.0 cm³/mol. The molecular formula is C16H21FO3. The van der Waals surface area contributed by atoms with Crippen molar-refractivity contribution in [1.82, 2.24) is 0 Å². The molecule has 1 aliphatic rings. The van der Waals surface area contributed by atoms with E-state index in [0.29, 0.717) is 12.5 Å². The Morgan fingerprint density at radius 3 is 2.70 bits per heavy atom. The highest BCUT2D eigenvalue weighted by Crippen LogP contribution is 2.24. The monoisotopic (exact) mass is 280 g/mol. The summed E-state index contributed by atoms with van der Waals surface area (Å²) in [4.78, 5) is 11.3. The molecule has 0 aromatic heterocycles. The van der Waals surface area contributed by atoms with E-state index in [4.69, 9.17) is 4.74 Å². The van der Waals surface area contributed by atoms with Crippen molar-refractivity contribution in [2.24, 2.45) is 5.92 Å². The van der Waals surface area contributed by atoms with Gasteiger partial charge in [-0.05, 0) is 36.5 Å². The molecule has 110 valence electrons. The van der Waals surface area contributed by atoms with Crippen molar-refractivity contribution < 1.29 is 18.7 Å². The Morgan fingerprint density at radius 1 is 1.30 bits per heavy atom.